The molecule has 0 aliphatic carbocycles. The van der Waals surface area contributed by atoms with E-state index < -0.39 is 0 Å². The van der Waals surface area contributed by atoms with Gasteiger partial charge < -0.3 is 9.84 Å². The Hall–Kier alpha value is -1.15. The summed E-state index contributed by atoms with van der Waals surface area (Å²) in [4.78, 5) is 0. The van der Waals surface area contributed by atoms with Crippen molar-refractivity contribution in [2.45, 2.75) is 0 Å². The fourth-order valence-corrected chi connectivity index (χ4v) is 1.13. The largest absolute Gasteiger partial charge is 0.504 e. The van der Waals surface area contributed by atoms with E-state index in [1.54, 1.807) is 18.2 Å². The lowest BCUT2D eigenvalue weighted by atomic mass is 10.1. The summed E-state index contributed by atoms with van der Waals surface area (Å²) < 4.78 is 4.95. The Kier molecular flexibility index (Phi) is 3.20. The van der Waals surface area contributed by atoms with Gasteiger partial charge in [0.25, 0.3) is 0 Å². The van der Waals surface area contributed by atoms with E-state index in [9.17, 15) is 5.11 Å². The number of rotatable bonds is 3. The number of alkyl halides is 1. The third-order valence-electron chi connectivity index (χ3n) is 1.75. The standard InChI is InChI=1S/C10H11ClO2/c1-7(6-11)8-3-4-9(12)10(5-8)13-2/h3-5,12H,1,6H2,2H3. The van der Waals surface area contributed by atoms with E-state index in [2.05, 4.69) is 6.58 Å². The number of phenols is 1. The molecule has 1 aromatic rings. The first-order valence-corrected chi connectivity index (χ1v) is 4.33. The van der Waals surface area contributed by atoms with Crippen LogP contribution in [0, 0.1) is 0 Å². The number of hydrogen-bond acceptors (Lipinski definition) is 2. The zero-order valence-electron chi connectivity index (χ0n) is 7.38. The van der Waals surface area contributed by atoms with Gasteiger partial charge in [-0.2, -0.15) is 0 Å². The Morgan fingerprint density at radius 1 is 1.62 bits per heavy atom. The van der Waals surface area contributed by atoms with Crippen LogP contribution in [0.1, 0.15) is 5.56 Å². The zero-order valence-corrected chi connectivity index (χ0v) is 8.14. The molecule has 0 saturated carbocycles. The van der Waals surface area contributed by atoms with Crippen LogP contribution in [-0.2, 0) is 0 Å². The van der Waals surface area contributed by atoms with Gasteiger partial charge in [0, 0.05) is 5.88 Å². The van der Waals surface area contributed by atoms with Crippen molar-refractivity contribution in [1.82, 2.24) is 0 Å². The van der Waals surface area contributed by atoms with Crippen molar-refractivity contribution in [3.63, 3.8) is 0 Å². The zero-order chi connectivity index (χ0) is 9.84. The topological polar surface area (TPSA) is 29.5 Å². The van der Waals surface area contributed by atoms with E-state index in [1.165, 1.54) is 7.11 Å². The first kappa shape index (κ1) is 9.93. The van der Waals surface area contributed by atoms with Gasteiger partial charge in [0.2, 0.25) is 0 Å². The fraction of sp³-hybridized carbons (Fsp3) is 0.200. The molecule has 0 aliphatic heterocycles. The molecule has 0 aromatic heterocycles. The smallest absolute Gasteiger partial charge is 0.161 e. The summed E-state index contributed by atoms with van der Waals surface area (Å²) in [6, 6.07) is 5.02. The number of allylic oxidation sites excluding steroid dienone is 1. The van der Waals surface area contributed by atoms with E-state index in [4.69, 9.17) is 16.3 Å². The van der Waals surface area contributed by atoms with Crippen molar-refractivity contribution in [3.8, 4) is 11.5 Å². The van der Waals surface area contributed by atoms with E-state index in [0.717, 1.165) is 11.1 Å². The highest BCUT2D eigenvalue weighted by Crippen LogP contribution is 2.28. The van der Waals surface area contributed by atoms with Crippen LogP contribution in [0.4, 0.5) is 0 Å². The molecule has 0 heterocycles. The van der Waals surface area contributed by atoms with Crippen LogP contribution in [0.5, 0.6) is 11.5 Å². The van der Waals surface area contributed by atoms with Crippen LogP contribution in [0.3, 0.4) is 0 Å². The van der Waals surface area contributed by atoms with Gasteiger partial charge in [0.05, 0.1) is 7.11 Å². The average Bonchev–Trinajstić information content (AvgIpc) is 2.17. The normalized spacial score (nSPS) is 9.69. The molecule has 0 spiro atoms. The van der Waals surface area contributed by atoms with Gasteiger partial charge in [-0.15, -0.1) is 11.6 Å². The van der Waals surface area contributed by atoms with E-state index >= 15 is 0 Å². The van der Waals surface area contributed by atoms with Crippen LogP contribution >= 0.6 is 11.6 Å². The Balaban J connectivity index is 3.06. The van der Waals surface area contributed by atoms with Gasteiger partial charge in [0.15, 0.2) is 11.5 Å². The highest BCUT2D eigenvalue weighted by atomic mass is 35.5. The summed E-state index contributed by atoms with van der Waals surface area (Å²) >= 11 is 5.62. The molecule has 0 fully saturated rings. The van der Waals surface area contributed by atoms with Gasteiger partial charge in [0.1, 0.15) is 0 Å². The van der Waals surface area contributed by atoms with Gasteiger partial charge in [-0.1, -0.05) is 12.6 Å². The van der Waals surface area contributed by atoms with Crippen molar-refractivity contribution in [2.75, 3.05) is 13.0 Å². The lowest BCUT2D eigenvalue weighted by Gasteiger charge is -2.06. The van der Waals surface area contributed by atoms with Crippen LogP contribution in [0.2, 0.25) is 0 Å². The lowest BCUT2D eigenvalue weighted by Crippen LogP contribution is -1.88. The Labute approximate surface area is 82.4 Å². The van der Waals surface area contributed by atoms with E-state index in [1.807, 2.05) is 0 Å². The summed E-state index contributed by atoms with van der Waals surface area (Å²) in [7, 11) is 1.50. The maximum Gasteiger partial charge on any atom is 0.161 e. The third kappa shape index (κ3) is 2.16. The Morgan fingerprint density at radius 2 is 2.31 bits per heavy atom. The minimum Gasteiger partial charge on any atom is -0.504 e. The molecule has 70 valence electrons. The van der Waals surface area contributed by atoms with Crippen molar-refractivity contribution >= 4 is 17.2 Å². The second-order valence-corrected chi connectivity index (χ2v) is 2.89. The van der Waals surface area contributed by atoms with Gasteiger partial charge in [-0.05, 0) is 23.3 Å². The maximum atomic E-state index is 9.30. The van der Waals surface area contributed by atoms with Crippen LogP contribution in [0.25, 0.3) is 5.57 Å². The molecule has 0 atom stereocenters. The van der Waals surface area contributed by atoms with Gasteiger partial charge in [-0.25, -0.2) is 0 Å². The molecule has 3 heteroatoms. The monoisotopic (exact) mass is 198 g/mol. The molecule has 1 rings (SSSR count). The first-order chi connectivity index (χ1) is 6.19. The van der Waals surface area contributed by atoms with Crippen molar-refractivity contribution in [2.24, 2.45) is 0 Å². The van der Waals surface area contributed by atoms with Crippen LogP contribution < -0.4 is 4.74 Å². The molecule has 0 aliphatic rings. The summed E-state index contributed by atoms with van der Waals surface area (Å²) in [5, 5.41) is 9.30. The highest BCUT2D eigenvalue weighted by molar-refractivity contribution is 6.23. The minimum atomic E-state index is 0.119. The average molecular weight is 199 g/mol. The molecule has 0 amide bonds. The highest BCUT2D eigenvalue weighted by Gasteiger charge is 2.03. The maximum absolute atomic E-state index is 9.30. The number of aromatic hydroxyl groups is 1. The molecular formula is C10H11ClO2. The Bertz CT molecular complexity index is 321. The molecule has 13 heavy (non-hydrogen) atoms. The van der Waals surface area contributed by atoms with Crippen molar-refractivity contribution in [1.29, 1.82) is 0 Å². The minimum absolute atomic E-state index is 0.119. The van der Waals surface area contributed by atoms with Crippen LogP contribution in [-0.4, -0.2) is 18.1 Å². The number of phenolic OH excluding ortho intramolecular Hbond substituents is 1. The van der Waals surface area contributed by atoms with E-state index in [-0.39, 0.29) is 5.75 Å². The van der Waals surface area contributed by atoms with Crippen molar-refractivity contribution in [3.05, 3.63) is 30.3 Å². The molecule has 2 nitrogen and oxygen atoms in total. The Morgan fingerprint density at radius 3 is 2.85 bits per heavy atom. The number of benzene rings is 1. The molecular weight excluding hydrogens is 188 g/mol. The number of ether oxygens (including phenoxy) is 1. The number of hydrogen-bond donors (Lipinski definition) is 1. The second-order valence-electron chi connectivity index (χ2n) is 2.62. The number of halogens is 1. The molecule has 1 aromatic carbocycles. The van der Waals surface area contributed by atoms with Crippen LogP contribution in [0.15, 0.2) is 24.8 Å². The van der Waals surface area contributed by atoms with Crippen molar-refractivity contribution < 1.29 is 9.84 Å². The van der Waals surface area contributed by atoms with E-state index in [0.29, 0.717) is 11.6 Å². The molecule has 0 bridgehead atoms. The van der Waals surface area contributed by atoms with Gasteiger partial charge in [-0.3, -0.25) is 0 Å². The summed E-state index contributed by atoms with van der Waals surface area (Å²) in [6.45, 7) is 3.78. The molecule has 0 unspecified atom stereocenters. The summed E-state index contributed by atoms with van der Waals surface area (Å²) in [6.07, 6.45) is 0. The SMILES string of the molecule is C=C(CCl)c1ccc(O)c(OC)c1. The van der Waals surface area contributed by atoms with Gasteiger partial charge >= 0.3 is 0 Å². The summed E-state index contributed by atoms with van der Waals surface area (Å²) in [5.74, 6) is 0.922. The quantitative estimate of drug-likeness (QED) is 0.757. The summed E-state index contributed by atoms with van der Waals surface area (Å²) in [5.41, 5.74) is 1.68. The predicted molar refractivity (Wildman–Crippen MR) is 54.4 cm³/mol. The lowest BCUT2D eigenvalue weighted by molar-refractivity contribution is 0.373. The molecule has 1 N–H and O–H groups in total. The first-order valence-electron chi connectivity index (χ1n) is 3.80. The predicted octanol–water partition coefficient (Wildman–Crippen LogP) is 2.65. The molecule has 0 radical (unpaired) electrons. The second kappa shape index (κ2) is 4.19. The third-order valence-corrected chi connectivity index (χ3v) is 2.07. The molecule has 0 saturated heterocycles. The number of methoxy groups -OCH3 is 1. The fourth-order valence-electron chi connectivity index (χ4n) is 0.975.